The van der Waals surface area contributed by atoms with E-state index in [0.29, 0.717) is 18.9 Å². The summed E-state index contributed by atoms with van der Waals surface area (Å²) in [6, 6.07) is 0. The van der Waals surface area contributed by atoms with Crippen LogP contribution in [0.4, 0.5) is 5.95 Å². The molecule has 3 heterocycles. The van der Waals surface area contributed by atoms with E-state index in [1.54, 1.807) is 12.4 Å². The van der Waals surface area contributed by atoms with Crippen LogP contribution in [0.15, 0.2) is 24.9 Å². The van der Waals surface area contributed by atoms with E-state index < -0.39 is 0 Å². The van der Waals surface area contributed by atoms with Gasteiger partial charge in [-0.05, 0) is 6.42 Å². The minimum atomic E-state index is 0.198. The number of amides is 1. The smallest absolute Gasteiger partial charge is 0.225 e. The molecule has 1 aliphatic heterocycles. The first-order valence-electron chi connectivity index (χ1n) is 8.17. The summed E-state index contributed by atoms with van der Waals surface area (Å²) in [6.07, 6.45) is 8.34. The number of hydrogen-bond donors (Lipinski definition) is 0. The van der Waals surface area contributed by atoms with E-state index in [-0.39, 0.29) is 11.8 Å². The lowest BCUT2D eigenvalue weighted by Crippen LogP contribution is -2.27. The van der Waals surface area contributed by atoms with Crippen molar-refractivity contribution < 1.29 is 4.79 Å². The van der Waals surface area contributed by atoms with Crippen LogP contribution in [-0.4, -0.2) is 57.9 Å². The largest absolute Gasteiger partial charge is 0.347 e. The van der Waals surface area contributed by atoms with Gasteiger partial charge in [0.2, 0.25) is 11.9 Å². The maximum atomic E-state index is 12.0. The molecule has 1 saturated heterocycles. The van der Waals surface area contributed by atoms with Crippen molar-refractivity contribution in [1.82, 2.24) is 24.8 Å². The van der Waals surface area contributed by atoms with E-state index in [9.17, 15) is 4.79 Å². The van der Waals surface area contributed by atoms with Crippen molar-refractivity contribution in [1.29, 1.82) is 0 Å². The van der Waals surface area contributed by atoms with Gasteiger partial charge in [0.05, 0.1) is 5.69 Å². The number of aromatic nitrogens is 4. The van der Waals surface area contributed by atoms with Crippen LogP contribution in [0.2, 0.25) is 0 Å². The molecule has 7 nitrogen and oxygen atoms in total. The summed E-state index contributed by atoms with van der Waals surface area (Å²) in [5.74, 6) is 1.08. The third-order valence-corrected chi connectivity index (χ3v) is 4.31. The van der Waals surface area contributed by atoms with Gasteiger partial charge in [-0.1, -0.05) is 6.92 Å². The summed E-state index contributed by atoms with van der Waals surface area (Å²) < 4.78 is 0. The standard InChI is InChI=1S/C17H22N6O/c1-4-15(24)23-6-5-12(10-23)16-14(13-7-18-11-19-8-13)9-20-17(21-16)22(2)3/h7-9,11-12H,4-6,10H2,1-3H3. The van der Waals surface area contributed by atoms with Crippen LogP contribution < -0.4 is 4.90 Å². The van der Waals surface area contributed by atoms with Gasteiger partial charge >= 0.3 is 0 Å². The lowest BCUT2D eigenvalue weighted by molar-refractivity contribution is -0.129. The molecule has 1 unspecified atom stereocenters. The Hall–Kier alpha value is -2.57. The van der Waals surface area contributed by atoms with Crippen LogP contribution in [0.25, 0.3) is 11.1 Å². The van der Waals surface area contributed by atoms with E-state index in [2.05, 4.69) is 15.0 Å². The quantitative estimate of drug-likeness (QED) is 0.852. The van der Waals surface area contributed by atoms with Gasteiger partial charge in [-0.2, -0.15) is 0 Å². The van der Waals surface area contributed by atoms with Crippen LogP contribution >= 0.6 is 0 Å². The zero-order valence-corrected chi connectivity index (χ0v) is 14.3. The highest BCUT2D eigenvalue weighted by Gasteiger charge is 2.30. The predicted octanol–water partition coefficient (Wildman–Crippen LogP) is 1.73. The highest BCUT2D eigenvalue weighted by molar-refractivity contribution is 5.76. The maximum Gasteiger partial charge on any atom is 0.225 e. The van der Waals surface area contributed by atoms with Gasteiger partial charge in [0.25, 0.3) is 0 Å². The van der Waals surface area contributed by atoms with Gasteiger partial charge in [-0.15, -0.1) is 0 Å². The van der Waals surface area contributed by atoms with Crippen molar-refractivity contribution in [3.8, 4) is 11.1 Å². The number of hydrogen-bond acceptors (Lipinski definition) is 6. The molecule has 7 heteroatoms. The van der Waals surface area contributed by atoms with Crippen molar-refractivity contribution in [2.75, 3.05) is 32.1 Å². The third kappa shape index (κ3) is 3.20. The molecule has 1 aliphatic rings. The highest BCUT2D eigenvalue weighted by atomic mass is 16.2. The van der Waals surface area contributed by atoms with Gasteiger partial charge in [0, 0.05) is 69.2 Å². The molecule has 0 radical (unpaired) electrons. The van der Waals surface area contributed by atoms with Crippen molar-refractivity contribution in [2.24, 2.45) is 0 Å². The average Bonchev–Trinajstić information content (AvgIpc) is 3.11. The molecule has 1 fully saturated rings. The van der Waals surface area contributed by atoms with Gasteiger partial charge in [-0.25, -0.2) is 19.9 Å². The zero-order chi connectivity index (χ0) is 17.1. The van der Waals surface area contributed by atoms with Gasteiger partial charge < -0.3 is 9.80 Å². The summed E-state index contributed by atoms with van der Waals surface area (Å²) in [4.78, 5) is 33.2. The number of rotatable bonds is 4. The Morgan fingerprint density at radius 2 is 2.04 bits per heavy atom. The number of anilines is 1. The monoisotopic (exact) mass is 326 g/mol. The Bertz CT molecular complexity index is 718. The molecule has 0 saturated carbocycles. The van der Waals surface area contributed by atoms with E-state index in [4.69, 9.17) is 4.98 Å². The first-order chi connectivity index (χ1) is 11.6. The first kappa shape index (κ1) is 16.3. The molecule has 1 amide bonds. The molecular weight excluding hydrogens is 304 g/mol. The minimum Gasteiger partial charge on any atom is -0.347 e. The first-order valence-corrected chi connectivity index (χ1v) is 8.17. The molecule has 2 aromatic rings. The molecule has 24 heavy (non-hydrogen) atoms. The zero-order valence-electron chi connectivity index (χ0n) is 14.3. The second-order valence-electron chi connectivity index (χ2n) is 6.17. The van der Waals surface area contributed by atoms with Crippen molar-refractivity contribution in [3.05, 3.63) is 30.6 Å². The number of carbonyl (C=O) groups excluding carboxylic acids is 1. The highest BCUT2D eigenvalue weighted by Crippen LogP contribution is 2.33. The van der Waals surface area contributed by atoms with E-state index in [1.165, 1.54) is 6.33 Å². The Labute approximate surface area is 141 Å². The number of carbonyl (C=O) groups is 1. The summed E-state index contributed by atoms with van der Waals surface area (Å²) in [6.45, 7) is 3.39. The Morgan fingerprint density at radius 1 is 1.29 bits per heavy atom. The molecule has 0 N–H and O–H groups in total. The molecule has 0 aliphatic carbocycles. The van der Waals surface area contributed by atoms with Gasteiger partial charge in [0.1, 0.15) is 6.33 Å². The predicted molar refractivity (Wildman–Crippen MR) is 91.6 cm³/mol. The molecule has 1 atom stereocenters. The lowest BCUT2D eigenvalue weighted by atomic mass is 9.97. The molecule has 3 rings (SSSR count). The van der Waals surface area contributed by atoms with Crippen LogP contribution in [0, 0.1) is 0 Å². The molecule has 0 spiro atoms. The SMILES string of the molecule is CCC(=O)N1CCC(c2nc(N(C)C)ncc2-c2cncnc2)C1. The second-order valence-corrected chi connectivity index (χ2v) is 6.17. The van der Waals surface area contributed by atoms with Crippen LogP contribution in [0.5, 0.6) is 0 Å². The van der Waals surface area contributed by atoms with Crippen molar-refractivity contribution >= 4 is 11.9 Å². The third-order valence-electron chi connectivity index (χ3n) is 4.31. The maximum absolute atomic E-state index is 12.0. The fourth-order valence-corrected chi connectivity index (χ4v) is 3.01. The molecule has 0 aromatic carbocycles. The second kappa shape index (κ2) is 6.90. The summed E-state index contributed by atoms with van der Waals surface area (Å²) >= 11 is 0. The van der Waals surface area contributed by atoms with E-state index in [0.717, 1.165) is 29.8 Å². The Kier molecular flexibility index (Phi) is 4.69. The van der Waals surface area contributed by atoms with Crippen molar-refractivity contribution in [2.45, 2.75) is 25.7 Å². The topological polar surface area (TPSA) is 75.1 Å². The normalized spacial score (nSPS) is 17.1. The van der Waals surface area contributed by atoms with Gasteiger partial charge in [-0.3, -0.25) is 4.79 Å². The average molecular weight is 326 g/mol. The summed E-state index contributed by atoms with van der Waals surface area (Å²) in [5, 5.41) is 0. The molecule has 126 valence electrons. The van der Waals surface area contributed by atoms with Crippen LogP contribution in [0.1, 0.15) is 31.4 Å². The summed E-state index contributed by atoms with van der Waals surface area (Å²) in [7, 11) is 3.85. The molecule has 0 bridgehead atoms. The van der Waals surface area contributed by atoms with E-state index >= 15 is 0 Å². The van der Waals surface area contributed by atoms with Crippen LogP contribution in [0.3, 0.4) is 0 Å². The summed E-state index contributed by atoms with van der Waals surface area (Å²) in [5.41, 5.74) is 2.81. The Balaban J connectivity index is 1.98. The number of likely N-dealkylation sites (tertiary alicyclic amines) is 1. The fraction of sp³-hybridized carbons (Fsp3) is 0.471. The van der Waals surface area contributed by atoms with Crippen molar-refractivity contribution in [3.63, 3.8) is 0 Å². The number of nitrogens with zero attached hydrogens (tertiary/aromatic N) is 6. The van der Waals surface area contributed by atoms with Gasteiger partial charge in [0.15, 0.2) is 0 Å². The minimum absolute atomic E-state index is 0.198. The molecule has 2 aromatic heterocycles. The lowest BCUT2D eigenvalue weighted by Gasteiger charge is -2.19. The fourth-order valence-electron chi connectivity index (χ4n) is 3.01. The van der Waals surface area contributed by atoms with Crippen LogP contribution in [-0.2, 0) is 4.79 Å². The Morgan fingerprint density at radius 3 is 2.71 bits per heavy atom. The molecular formula is C17H22N6O. The van der Waals surface area contributed by atoms with E-state index in [1.807, 2.05) is 37.0 Å².